The largest absolute Gasteiger partial charge is 0.377 e. The Morgan fingerprint density at radius 2 is 1.95 bits per heavy atom. The molecule has 0 radical (unpaired) electrons. The molecular weight excluding hydrogens is 266 g/mol. The maximum Gasteiger partial charge on any atom is 0.0727 e. The summed E-state index contributed by atoms with van der Waals surface area (Å²) in [7, 11) is 0. The van der Waals surface area contributed by atoms with Crippen molar-refractivity contribution in [2.45, 2.75) is 60.6 Å². The first-order chi connectivity index (χ1) is 9.49. The van der Waals surface area contributed by atoms with Gasteiger partial charge in [0.2, 0.25) is 0 Å². The van der Waals surface area contributed by atoms with Crippen molar-refractivity contribution in [1.82, 2.24) is 5.32 Å². The number of aryl methyl sites for hydroxylation is 1. The highest BCUT2D eigenvalue weighted by molar-refractivity contribution is 7.12. The van der Waals surface area contributed by atoms with Gasteiger partial charge < -0.3 is 10.1 Å². The Morgan fingerprint density at radius 3 is 2.60 bits per heavy atom. The van der Waals surface area contributed by atoms with Gasteiger partial charge in [0.15, 0.2) is 0 Å². The molecule has 0 saturated heterocycles. The Labute approximate surface area is 128 Å². The predicted molar refractivity (Wildman–Crippen MR) is 89.3 cm³/mol. The lowest BCUT2D eigenvalue weighted by atomic mass is 10.1. The Kier molecular flexibility index (Phi) is 8.43. The van der Waals surface area contributed by atoms with Crippen molar-refractivity contribution in [3.8, 4) is 0 Å². The molecule has 0 saturated carbocycles. The summed E-state index contributed by atoms with van der Waals surface area (Å²) in [6.07, 6.45) is 2.43. The van der Waals surface area contributed by atoms with Crippen molar-refractivity contribution in [3.05, 3.63) is 21.4 Å². The summed E-state index contributed by atoms with van der Waals surface area (Å²) in [5.41, 5.74) is 1.36. The molecule has 0 spiro atoms. The summed E-state index contributed by atoms with van der Waals surface area (Å²) in [6.45, 7) is 14.9. The van der Waals surface area contributed by atoms with Crippen molar-refractivity contribution in [1.29, 1.82) is 0 Å². The number of rotatable bonds is 10. The lowest BCUT2D eigenvalue weighted by molar-refractivity contribution is 0.115. The normalized spacial score (nSPS) is 11.8. The third-order valence-electron chi connectivity index (χ3n) is 3.25. The molecule has 0 aromatic carbocycles. The Morgan fingerprint density at radius 1 is 1.20 bits per heavy atom. The van der Waals surface area contributed by atoms with Gasteiger partial charge in [0.25, 0.3) is 0 Å². The summed E-state index contributed by atoms with van der Waals surface area (Å²) in [6, 6.07) is 2.30. The number of hydrogen-bond donors (Lipinski definition) is 1. The van der Waals surface area contributed by atoms with Gasteiger partial charge in [-0.3, -0.25) is 0 Å². The van der Waals surface area contributed by atoms with Crippen LogP contribution < -0.4 is 5.32 Å². The molecule has 2 nitrogen and oxygen atoms in total. The second-order valence-corrected chi connectivity index (χ2v) is 7.75. The minimum absolute atomic E-state index is 0.708. The van der Waals surface area contributed by atoms with Gasteiger partial charge >= 0.3 is 0 Å². The lowest BCUT2D eigenvalue weighted by Gasteiger charge is -2.06. The highest BCUT2D eigenvalue weighted by atomic mass is 32.1. The van der Waals surface area contributed by atoms with Gasteiger partial charge in [-0.1, -0.05) is 27.7 Å². The summed E-state index contributed by atoms with van der Waals surface area (Å²) < 4.78 is 5.79. The number of hydrogen-bond acceptors (Lipinski definition) is 3. The molecule has 0 aliphatic heterocycles. The summed E-state index contributed by atoms with van der Waals surface area (Å²) in [5, 5.41) is 3.50. The van der Waals surface area contributed by atoms with E-state index in [1.54, 1.807) is 0 Å². The molecule has 0 aliphatic carbocycles. The molecule has 3 heteroatoms. The molecule has 0 fully saturated rings. The van der Waals surface area contributed by atoms with Crippen molar-refractivity contribution in [2.75, 3.05) is 13.2 Å². The molecule has 20 heavy (non-hydrogen) atoms. The van der Waals surface area contributed by atoms with Crippen LogP contribution in [0.5, 0.6) is 0 Å². The third-order valence-corrected chi connectivity index (χ3v) is 4.34. The fraction of sp³-hybridized carbons (Fsp3) is 0.765. The first-order valence-corrected chi connectivity index (χ1v) is 8.67. The SMILES string of the molecule is Cc1sc(CNCC(C)C)cc1COCCCC(C)C. The Hall–Kier alpha value is -0.380. The monoisotopic (exact) mass is 297 g/mol. The molecule has 1 aromatic heterocycles. The molecule has 0 aliphatic rings. The quantitative estimate of drug-likeness (QED) is 0.629. The highest BCUT2D eigenvalue weighted by Crippen LogP contribution is 2.22. The minimum Gasteiger partial charge on any atom is -0.377 e. The van der Waals surface area contributed by atoms with Crippen LogP contribution in [0.25, 0.3) is 0 Å². The van der Waals surface area contributed by atoms with Crippen LogP contribution in [0.4, 0.5) is 0 Å². The number of nitrogens with one attached hydrogen (secondary N) is 1. The number of ether oxygens (including phenoxy) is 1. The van der Waals surface area contributed by atoms with Crippen LogP contribution in [-0.2, 0) is 17.9 Å². The molecular formula is C17H31NOS. The molecule has 1 N–H and O–H groups in total. The molecule has 1 heterocycles. The van der Waals surface area contributed by atoms with E-state index >= 15 is 0 Å². The van der Waals surface area contributed by atoms with E-state index in [0.29, 0.717) is 5.92 Å². The zero-order valence-electron chi connectivity index (χ0n) is 13.8. The molecule has 1 rings (SSSR count). The molecule has 116 valence electrons. The predicted octanol–water partition coefficient (Wildman–Crippen LogP) is 4.75. The zero-order valence-corrected chi connectivity index (χ0v) is 14.6. The second-order valence-electron chi connectivity index (χ2n) is 6.41. The van der Waals surface area contributed by atoms with Crippen LogP contribution in [-0.4, -0.2) is 13.2 Å². The van der Waals surface area contributed by atoms with Gasteiger partial charge in [0.05, 0.1) is 6.61 Å². The third kappa shape index (κ3) is 7.41. The number of thiophene rings is 1. The van der Waals surface area contributed by atoms with Crippen molar-refractivity contribution >= 4 is 11.3 Å². The summed E-state index contributed by atoms with van der Waals surface area (Å²) >= 11 is 1.89. The molecule has 0 bridgehead atoms. The molecule has 0 unspecified atom stereocenters. The van der Waals surface area contributed by atoms with Gasteiger partial charge in [0, 0.05) is 22.9 Å². The van der Waals surface area contributed by atoms with Crippen LogP contribution >= 0.6 is 11.3 Å². The zero-order chi connectivity index (χ0) is 15.0. The smallest absolute Gasteiger partial charge is 0.0727 e. The van der Waals surface area contributed by atoms with Gasteiger partial charge in [-0.25, -0.2) is 0 Å². The Bertz CT molecular complexity index is 371. The van der Waals surface area contributed by atoms with Crippen LogP contribution in [0.3, 0.4) is 0 Å². The fourth-order valence-electron chi connectivity index (χ4n) is 2.08. The van der Waals surface area contributed by atoms with E-state index in [2.05, 4.69) is 46.0 Å². The van der Waals surface area contributed by atoms with Crippen molar-refractivity contribution < 1.29 is 4.74 Å². The van der Waals surface area contributed by atoms with E-state index in [0.717, 1.165) is 32.2 Å². The topological polar surface area (TPSA) is 21.3 Å². The van der Waals surface area contributed by atoms with Gasteiger partial charge in [0.1, 0.15) is 0 Å². The highest BCUT2D eigenvalue weighted by Gasteiger charge is 2.06. The van der Waals surface area contributed by atoms with E-state index in [-0.39, 0.29) is 0 Å². The first kappa shape index (κ1) is 17.7. The van der Waals surface area contributed by atoms with Gasteiger partial charge in [-0.15, -0.1) is 11.3 Å². The Balaban J connectivity index is 2.26. The maximum atomic E-state index is 5.79. The summed E-state index contributed by atoms with van der Waals surface area (Å²) in [4.78, 5) is 2.82. The van der Waals surface area contributed by atoms with Crippen molar-refractivity contribution in [3.63, 3.8) is 0 Å². The lowest BCUT2D eigenvalue weighted by Crippen LogP contribution is -2.18. The second kappa shape index (κ2) is 9.54. The van der Waals surface area contributed by atoms with E-state index in [1.807, 2.05) is 11.3 Å². The van der Waals surface area contributed by atoms with Gasteiger partial charge in [-0.2, -0.15) is 0 Å². The summed E-state index contributed by atoms with van der Waals surface area (Å²) in [5.74, 6) is 1.49. The van der Waals surface area contributed by atoms with E-state index in [4.69, 9.17) is 4.74 Å². The van der Waals surface area contributed by atoms with Crippen molar-refractivity contribution in [2.24, 2.45) is 11.8 Å². The average Bonchev–Trinajstić information content (AvgIpc) is 2.69. The van der Waals surface area contributed by atoms with E-state index in [9.17, 15) is 0 Å². The van der Waals surface area contributed by atoms with Crippen LogP contribution in [0, 0.1) is 18.8 Å². The van der Waals surface area contributed by atoms with Crippen LogP contribution in [0.15, 0.2) is 6.07 Å². The maximum absolute atomic E-state index is 5.79. The molecule has 0 atom stereocenters. The molecule has 1 aromatic rings. The standard InChI is InChI=1S/C17H31NOS/c1-13(2)7-6-8-19-12-16-9-17(20-15(16)5)11-18-10-14(3)4/h9,13-14,18H,6-8,10-12H2,1-5H3. The van der Waals surface area contributed by atoms with E-state index in [1.165, 1.54) is 28.2 Å². The van der Waals surface area contributed by atoms with Crippen LogP contribution in [0.2, 0.25) is 0 Å². The average molecular weight is 298 g/mol. The van der Waals surface area contributed by atoms with Gasteiger partial charge in [-0.05, 0) is 49.8 Å². The first-order valence-electron chi connectivity index (χ1n) is 7.85. The molecule has 0 amide bonds. The van der Waals surface area contributed by atoms with E-state index < -0.39 is 0 Å². The fourth-order valence-corrected chi connectivity index (χ4v) is 3.10. The van der Waals surface area contributed by atoms with Crippen LogP contribution in [0.1, 0.15) is 55.9 Å². The minimum atomic E-state index is 0.708.